The molecule has 1 aliphatic carbocycles. The quantitative estimate of drug-likeness (QED) is 0.242. The molecule has 320 valence electrons. The van der Waals surface area contributed by atoms with E-state index in [0.717, 1.165) is 72.9 Å². The van der Waals surface area contributed by atoms with E-state index in [1.807, 2.05) is 56.9 Å². The standard InChI is InChI=1S/C47H45F3N6O6/c1-45(2)43(46(3,4)44(45)62-32-10-8-28(22-51)36(21-32)47(48,49)50)55-23-29-19-27(7-11-33(29)40(55)59)6-5-26-15-17-53(18-16-26)31-24-54(25-31)30-9-12-34-35(20-30)42(61)56(41(34)60)37-13-14-38(57)52-39(37)58/h7-12,19-21,26,31,37,43-44H,13-18,23-25H2,1-4H3,(H,52,57,58)/t37?,43-,44-. The number of nitrogens with zero attached hydrogens (tertiary/aromatic N) is 5. The molecule has 5 aliphatic heterocycles. The minimum absolute atomic E-state index is 0.0234. The van der Waals surface area contributed by atoms with Crippen molar-refractivity contribution in [2.24, 2.45) is 16.7 Å². The van der Waals surface area contributed by atoms with Crippen LogP contribution in [0.15, 0.2) is 54.6 Å². The predicted molar refractivity (Wildman–Crippen MR) is 219 cm³/mol. The highest BCUT2D eigenvalue weighted by molar-refractivity contribution is 6.23. The van der Waals surface area contributed by atoms with Crippen molar-refractivity contribution in [2.75, 3.05) is 31.1 Å². The Kier molecular flexibility index (Phi) is 9.78. The fourth-order valence-electron chi connectivity index (χ4n) is 11.1. The number of hydrogen-bond acceptors (Lipinski definition) is 9. The summed E-state index contributed by atoms with van der Waals surface area (Å²) in [6.45, 7) is 11.6. The van der Waals surface area contributed by atoms with Crippen LogP contribution in [0.2, 0.25) is 0 Å². The number of carbonyl (C=O) groups is 5. The number of benzene rings is 3. The molecule has 5 heterocycles. The zero-order chi connectivity index (χ0) is 44.0. The first-order chi connectivity index (χ1) is 29.4. The van der Waals surface area contributed by atoms with Gasteiger partial charge in [0.05, 0.1) is 28.3 Å². The number of halogens is 3. The molecule has 0 aromatic heterocycles. The number of rotatable bonds is 6. The molecule has 5 amide bonds. The summed E-state index contributed by atoms with van der Waals surface area (Å²) < 4.78 is 47.3. The Morgan fingerprint density at radius 1 is 0.823 bits per heavy atom. The van der Waals surface area contributed by atoms with Gasteiger partial charge in [-0.3, -0.25) is 39.1 Å². The lowest BCUT2D eigenvalue weighted by Crippen LogP contribution is -2.74. The molecule has 0 spiro atoms. The molecule has 0 bridgehead atoms. The molecule has 1 N–H and O–H groups in total. The van der Waals surface area contributed by atoms with Crippen LogP contribution >= 0.6 is 0 Å². The van der Waals surface area contributed by atoms with Gasteiger partial charge >= 0.3 is 6.18 Å². The highest BCUT2D eigenvalue weighted by Gasteiger charge is 2.67. The maximum absolute atomic E-state index is 13.8. The molecule has 1 saturated carbocycles. The third-order valence-electron chi connectivity index (χ3n) is 13.8. The Morgan fingerprint density at radius 2 is 1.52 bits per heavy atom. The second-order valence-corrected chi connectivity index (χ2v) is 18.5. The van der Waals surface area contributed by atoms with Gasteiger partial charge in [0.25, 0.3) is 17.7 Å². The molecule has 3 saturated heterocycles. The summed E-state index contributed by atoms with van der Waals surface area (Å²) in [6.07, 6.45) is -3.19. The molecule has 15 heteroatoms. The first kappa shape index (κ1) is 41.2. The smallest absolute Gasteiger partial charge is 0.417 e. The van der Waals surface area contributed by atoms with Crippen molar-refractivity contribution >= 4 is 35.2 Å². The van der Waals surface area contributed by atoms with E-state index in [-0.39, 0.29) is 47.6 Å². The molecule has 0 radical (unpaired) electrons. The third kappa shape index (κ3) is 6.78. The maximum atomic E-state index is 13.8. The number of fused-ring (bicyclic) bond motifs is 2. The van der Waals surface area contributed by atoms with E-state index in [4.69, 9.17) is 4.74 Å². The van der Waals surface area contributed by atoms with Crippen LogP contribution in [0.25, 0.3) is 0 Å². The summed E-state index contributed by atoms with van der Waals surface area (Å²) in [5, 5.41) is 11.4. The van der Waals surface area contributed by atoms with Crippen LogP contribution in [0, 0.1) is 39.9 Å². The summed E-state index contributed by atoms with van der Waals surface area (Å²) in [7, 11) is 0. The second-order valence-electron chi connectivity index (χ2n) is 18.5. The molecule has 62 heavy (non-hydrogen) atoms. The van der Waals surface area contributed by atoms with Gasteiger partial charge in [-0.25, -0.2) is 0 Å². The lowest BCUT2D eigenvalue weighted by atomic mass is 9.49. The number of amides is 5. The second kappa shape index (κ2) is 14.7. The SMILES string of the molecule is CC1(C)[C@H](Oc2ccc(C#N)c(C(F)(F)F)c2)C(C)(C)[C@H]1N1Cc2cc(C#CC3CCN(C4CN(c5ccc6c(c5)C(=O)N(C5CCC(=O)NC5=O)C6=O)C4)CC3)ccc2C1=O. The van der Waals surface area contributed by atoms with Crippen LogP contribution in [-0.2, 0) is 22.3 Å². The predicted octanol–water partition coefficient (Wildman–Crippen LogP) is 5.77. The molecule has 1 atom stereocenters. The van der Waals surface area contributed by atoms with Crippen LogP contribution < -0.4 is 15.0 Å². The lowest BCUT2D eigenvalue weighted by molar-refractivity contribution is -0.199. The van der Waals surface area contributed by atoms with Crippen LogP contribution in [0.4, 0.5) is 18.9 Å². The van der Waals surface area contributed by atoms with Crippen molar-refractivity contribution in [3.8, 4) is 23.7 Å². The van der Waals surface area contributed by atoms with Crippen molar-refractivity contribution in [1.29, 1.82) is 5.26 Å². The molecule has 1 unspecified atom stereocenters. The number of nitrogens with one attached hydrogen (secondary N) is 1. The normalized spacial score (nSPS) is 24.7. The van der Waals surface area contributed by atoms with Crippen LogP contribution in [0.5, 0.6) is 5.75 Å². The number of ether oxygens (including phenoxy) is 1. The Bertz CT molecular complexity index is 2540. The zero-order valence-corrected chi connectivity index (χ0v) is 34.8. The minimum Gasteiger partial charge on any atom is -0.489 e. The number of piperidine rings is 2. The Hall–Kier alpha value is -6.19. The summed E-state index contributed by atoms with van der Waals surface area (Å²) in [6, 6.07) is 15.0. The van der Waals surface area contributed by atoms with Gasteiger partial charge in [-0.15, -0.1) is 0 Å². The van der Waals surface area contributed by atoms with Crippen LogP contribution in [0.3, 0.4) is 0 Å². The number of likely N-dealkylation sites (tertiary alicyclic amines) is 1. The first-order valence-corrected chi connectivity index (χ1v) is 20.9. The zero-order valence-electron chi connectivity index (χ0n) is 34.8. The summed E-state index contributed by atoms with van der Waals surface area (Å²) in [5.74, 6) is 4.90. The summed E-state index contributed by atoms with van der Waals surface area (Å²) >= 11 is 0. The van der Waals surface area contributed by atoms with E-state index < -0.39 is 63.9 Å². The van der Waals surface area contributed by atoms with Crippen molar-refractivity contribution < 1.29 is 41.9 Å². The maximum Gasteiger partial charge on any atom is 0.417 e. The topological polar surface area (TPSA) is 143 Å². The summed E-state index contributed by atoms with van der Waals surface area (Å²) in [4.78, 5) is 71.8. The van der Waals surface area contributed by atoms with Crippen molar-refractivity contribution in [3.05, 3.63) is 93.5 Å². The van der Waals surface area contributed by atoms with Gasteiger partial charge in [-0.05, 0) is 92.5 Å². The van der Waals surface area contributed by atoms with Gasteiger partial charge in [0, 0.05) is 71.7 Å². The molecular formula is C47H45F3N6O6. The molecule has 12 nitrogen and oxygen atoms in total. The number of hydrogen-bond donors (Lipinski definition) is 1. The summed E-state index contributed by atoms with van der Waals surface area (Å²) in [5.41, 5.74) is 0.999. The van der Waals surface area contributed by atoms with Gasteiger partial charge in [0.1, 0.15) is 17.9 Å². The number of alkyl halides is 3. The van der Waals surface area contributed by atoms with Gasteiger partial charge < -0.3 is 14.5 Å². The molecule has 4 fully saturated rings. The fraction of sp³-hybridized carbons (Fsp3) is 0.447. The number of carbonyl (C=O) groups excluding carboxylic acids is 5. The van der Waals surface area contributed by atoms with Gasteiger partial charge in [0.15, 0.2) is 0 Å². The van der Waals surface area contributed by atoms with E-state index in [2.05, 4.69) is 27.0 Å². The molecule has 9 rings (SSSR count). The lowest BCUT2D eigenvalue weighted by Gasteiger charge is -2.65. The van der Waals surface area contributed by atoms with E-state index in [1.165, 1.54) is 6.07 Å². The number of imide groups is 2. The first-order valence-electron chi connectivity index (χ1n) is 20.9. The van der Waals surface area contributed by atoms with Crippen molar-refractivity contribution in [1.82, 2.24) is 20.0 Å². The Balaban J connectivity index is 0.781. The van der Waals surface area contributed by atoms with Crippen LogP contribution in [0.1, 0.15) is 107 Å². The number of nitriles is 1. The molecular weight excluding hydrogens is 802 g/mol. The van der Waals surface area contributed by atoms with Crippen molar-refractivity contribution in [3.63, 3.8) is 0 Å². The van der Waals surface area contributed by atoms with E-state index in [1.54, 1.807) is 18.2 Å². The van der Waals surface area contributed by atoms with Crippen molar-refractivity contribution in [2.45, 2.75) is 90.3 Å². The van der Waals surface area contributed by atoms with Gasteiger partial charge in [-0.2, -0.15) is 18.4 Å². The van der Waals surface area contributed by atoms with Gasteiger partial charge in [-0.1, -0.05) is 39.5 Å². The van der Waals surface area contributed by atoms with E-state index in [0.29, 0.717) is 18.2 Å². The Labute approximate surface area is 356 Å². The molecule has 6 aliphatic rings. The monoisotopic (exact) mass is 846 g/mol. The highest BCUT2D eigenvalue weighted by Crippen LogP contribution is 2.59. The van der Waals surface area contributed by atoms with Gasteiger partial charge in [0.2, 0.25) is 11.8 Å². The average Bonchev–Trinajstić information content (AvgIpc) is 3.65. The fourth-order valence-corrected chi connectivity index (χ4v) is 11.1. The molecule has 3 aromatic carbocycles. The highest BCUT2D eigenvalue weighted by atomic mass is 19.4. The average molecular weight is 847 g/mol. The third-order valence-corrected chi connectivity index (χ3v) is 13.8. The molecule has 3 aromatic rings. The minimum atomic E-state index is -4.70. The number of anilines is 1. The van der Waals surface area contributed by atoms with E-state index >= 15 is 0 Å². The van der Waals surface area contributed by atoms with E-state index in [9.17, 15) is 42.4 Å². The van der Waals surface area contributed by atoms with Crippen LogP contribution in [-0.4, -0.2) is 94.6 Å². The Morgan fingerprint density at radius 3 is 2.19 bits per heavy atom. The largest absolute Gasteiger partial charge is 0.489 e.